The number of rotatable bonds is 6. The van der Waals surface area contributed by atoms with Crippen LogP contribution in [0.2, 0.25) is 0 Å². The second-order valence-electron chi connectivity index (χ2n) is 11.0. The van der Waals surface area contributed by atoms with E-state index in [9.17, 15) is 47.4 Å². The molecule has 4 rings (SSSR count). The summed E-state index contributed by atoms with van der Waals surface area (Å²) in [6.07, 6.45) is -5.69. The van der Waals surface area contributed by atoms with Gasteiger partial charge in [0, 0.05) is 12.5 Å². The molecule has 0 aliphatic heterocycles. The standard InChI is InChI=1S/C27H32F3N3O7/c1-5-33(6-2)10-12-9-15(34)17-13(19(12)27(28,29)30)7-11-8-14-20(32(3)4)22(36)18(25(31)39)24(38)26(14,40)23(37)16(11)21(17)35/h9,11,14,16,18,20,34,40H,5-8,10H2,1-4H3,(H2,31,39)/t11-,14-,16?,18?,20-,26-/m0/s1. The van der Waals surface area contributed by atoms with Gasteiger partial charge in [0.2, 0.25) is 5.91 Å². The zero-order valence-electron chi connectivity index (χ0n) is 22.5. The number of hydrogen-bond donors (Lipinski definition) is 3. The number of nitrogens with two attached hydrogens (primary N) is 1. The van der Waals surface area contributed by atoms with Gasteiger partial charge in [-0.05, 0) is 63.1 Å². The number of aliphatic hydroxyl groups is 1. The number of aromatic hydroxyl groups is 1. The van der Waals surface area contributed by atoms with Gasteiger partial charge in [-0.2, -0.15) is 13.2 Å². The highest BCUT2D eigenvalue weighted by Gasteiger charge is 2.69. The van der Waals surface area contributed by atoms with Gasteiger partial charge in [0.15, 0.2) is 34.7 Å². The Hall–Kier alpha value is -3.16. The van der Waals surface area contributed by atoms with Crippen molar-refractivity contribution >= 4 is 29.0 Å². The smallest absolute Gasteiger partial charge is 0.417 e. The summed E-state index contributed by atoms with van der Waals surface area (Å²) in [5.41, 5.74) is -0.0969. The molecule has 0 heterocycles. The van der Waals surface area contributed by atoms with E-state index < -0.39 is 99.4 Å². The number of alkyl halides is 3. The number of carbonyl (C=O) groups excluding carboxylic acids is 5. The minimum absolute atomic E-state index is 0.146. The van der Waals surface area contributed by atoms with Crippen LogP contribution in [0.4, 0.5) is 13.2 Å². The Bertz CT molecular complexity index is 1310. The molecule has 4 N–H and O–H groups in total. The van der Waals surface area contributed by atoms with Crippen LogP contribution in [0.1, 0.15) is 47.3 Å². The highest BCUT2D eigenvalue weighted by atomic mass is 19.4. The lowest BCUT2D eigenvalue weighted by Crippen LogP contribution is -2.74. The van der Waals surface area contributed by atoms with E-state index in [0.717, 1.165) is 6.07 Å². The maximum Gasteiger partial charge on any atom is 0.417 e. The van der Waals surface area contributed by atoms with Crippen LogP contribution >= 0.6 is 0 Å². The van der Waals surface area contributed by atoms with Gasteiger partial charge in [-0.3, -0.25) is 33.8 Å². The molecule has 0 radical (unpaired) electrons. The molecule has 13 heteroatoms. The van der Waals surface area contributed by atoms with Crippen molar-refractivity contribution in [1.82, 2.24) is 9.80 Å². The average Bonchev–Trinajstić information content (AvgIpc) is 2.83. The summed E-state index contributed by atoms with van der Waals surface area (Å²) in [6, 6.07) is -0.468. The Morgan fingerprint density at radius 2 is 1.73 bits per heavy atom. The first kappa shape index (κ1) is 29.8. The first-order valence-corrected chi connectivity index (χ1v) is 13.0. The molecular weight excluding hydrogens is 535 g/mol. The Labute approximate surface area is 228 Å². The van der Waals surface area contributed by atoms with Crippen LogP contribution in [0.5, 0.6) is 5.75 Å². The molecule has 2 saturated carbocycles. The van der Waals surface area contributed by atoms with Crippen LogP contribution in [0.3, 0.4) is 0 Å². The number of phenols is 1. The predicted octanol–water partition coefficient (Wildman–Crippen LogP) is 0.728. The zero-order valence-corrected chi connectivity index (χ0v) is 22.5. The SMILES string of the molecule is CCN(CC)Cc1cc(O)c2c(c1C(F)(F)F)C[C@H]1C[C@H]3[C@H](N(C)C)C(=O)C(C(N)=O)C(=O)[C@@]3(O)C(=O)C1C2=O. The number of halogens is 3. The first-order valence-electron chi connectivity index (χ1n) is 13.0. The first-order chi connectivity index (χ1) is 18.5. The maximum absolute atomic E-state index is 14.5. The molecule has 3 aliphatic rings. The van der Waals surface area contributed by atoms with E-state index in [1.54, 1.807) is 18.7 Å². The largest absolute Gasteiger partial charge is 0.507 e. The molecule has 218 valence electrons. The molecule has 1 amide bonds. The van der Waals surface area contributed by atoms with Crippen molar-refractivity contribution < 1.29 is 47.4 Å². The lowest BCUT2D eigenvalue weighted by atomic mass is 9.52. The van der Waals surface area contributed by atoms with Crippen LogP contribution < -0.4 is 5.73 Å². The molecule has 10 nitrogen and oxygen atoms in total. The fourth-order valence-electron chi connectivity index (χ4n) is 6.91. The van der Waals surface area contributed by atoms with Crippen molar-refractivity contribution in [3.05, 3.63) is 28.3 Å². The number of amides is 1. The summed E-state index contributed by atoms with van der Waals surface area (Å²) in [6.45, 7) is 4.27. The molecule has 2 fully saturated rings. The van der Waals surface area contributed by atoms with Crippen molar-refractivity contribution in [3.8, 4) is 5.75 Å². The minimum Gasteiger partial charge on any atom is -0.507 e. The van der Waals surface area contributed by atoms with Gasteiger partial charge in [0.25, 0.3) is 0 Å². The van der Waals surface area contributed by atoms with E-state index in [0.29, 0.717) is 13.1 Å². The number of fused-ring (bicyclic) bond motifs is 3. The second-order valence-corrected chi connectivity index (χ2v) is 11.0. The van der Waals surface area contributed by atoms with Gasteiger partial charge < -0.3 is 15.9 Å². The average molecular weight is 568 g/mol. The minimum atomic E-state index is -4.90. The number of benzene rings is 1. The molecular formula is C27H32F3N3O7. The normalized spacial score (nSPS) is 30.4. The van der Waals surface area contributed by atoms with E-state index in [2.05, 4.69) is 0 Å². The molecule has 0 aromatic heterocycles. The Kier molecular flexibility index (Phi) is 7.48. The van der Waals surface area contributed by atoms with Crippen molar-refractivity contribution in [2.75, 3.05) is 27.2 Å². The Morgan fingerprint density at radius 1 is 1.12 bits per heavy atom. The van der Waals surface area contributed by atoms with Gasteiger partial charge in [0.05, 0.1) is 23.1 Å². The van der Waals surface area contributed by atoms with Crippen LogP contribution in [-0.4, -0.2) is 87.9 Å². The molecule has 2 unspecified atom stereocenters. The van der Waals surface area contributed by atoms with Crippen LogP contribution in [-0.2, 0) is 38.3 Å². The second kappa shape index (κ2) is 10.0. The lowest BCUT2D eigenvalue weighted by molar-refractivity contribution is -0.181. The number of nitrogens with zero attached hydrogens (tertiary/aromatic N) is 2. The van der Waals surface area contributed by atoms with Crippen molar-refractivity contribution in [1.29, 1.82) is 0 Å². The fraction of sp³-hybridized carbons (Fsp3) is 0.593. The van der Waals surface area contributed by atoms with E-state index >= 15 is 0 Å². The summed E-state index contributed by atoms with van der Waals surface area (Å²) in [5, 5.41) is 22.3. The number of hydrogen-bond acceptors (Lipinski definition) is 9. The van der Waals surface area contributed by atoms with Crippen LogP contribution in [0, 0.1) is 23.7 Å². The van der Waals surface area contributed by atoms with Gasteiger partial charge in [-0.15, -0.1) is 0 Å². The molecule has 40 heavy (non-hydrogen) atoms. The van der Waals surface area contributed by atoms with Gasteiger partial charge in [-0.25, -0.2) is 0 Å². The predicted molar refractivity (Wildman–Crippen MR) is 133 cm³/mol. The maximum atomic E-state index is 14.5. The lowest BCUT2D eigenvalue weighted by Gasteiger charge is -2.52. The van der Waals surface area contributed by atoms with E-state index in [1.807, 2.05) is 0 Å². The quantitative estimate of drug-likeness (QED) is 0.422. The monoisotopic (exact) mass is 567 g/mol. The Balaban J connectivity index is 1.91. The van der Waals surface area contributed by atoms with Crippen molar-refractivity contribution in [3.63, 3.8) is 0 Å². The van der Waals surface area contributed by atoms with Gasteiger partial charge >= 0.3 is 6.18 Å². The molecule has 3 aliphatic carbocycles. The molecule has 0 saturated heterocycles. The summed E-state index contributed by atoms with van der Waals surface area (Å²) in [4.78, 5) is 68.9. The number of carbonyl (C=O) groups is 5. The highest BCUT2D eigenvalue weighted by molar-refractivity contribution is 6.32. The number of Topliss-reactive ketones (excluding diaryl/α,β-unsaturated/α-hetero) is 4. The molecule has 1 aromatic rings. The van der Waals surface area contributed by atoms with E-state index in [4.69, 9.17) is 5.73 Å². The number of likely N-dealkylation sites (N-methyl/N-ethyl adjacent to an activating group) is 1. The van der Waals surface area contributed by atoms with Crippen LogP contribution in [0.25, 0.3) is 0 Å². The topological polar surface area (TPSA) is 158 Å². The number of primary amides is 1. The van der Waals surface area contributed by atoms with Gasteiger partial charge in [0.1, 0.15) is 5.75 Å². The fourth-order valence-corrected chi connectivity index (χ4v) is 6.91. The van der Waals surface area contributed by atoms with Crippen LogP contribution in [0.15, 0.2) is 6.07 Å². The van der Waals surface area contributed by atoms with E-state index in [1.165, 1.54) is 19.0 Å². The zero-order chi connectivity index (χ0) is 30.1. The summed E-state index contributed by atoms with van der Waals surface area (Å²) < 4.78 is 43.5. The molecule has 1 aromatic carbocycles. The summed E-state index contributed by atoms with van der Waals surface area (Å²) >= 11 is 0. The van der Waals surface area contributed by atoms with Crippen molar-refractivity contribution in [2.45, 2.75) is 51.1 Å². The third kappa shape index (κ3) is 4.25. The van der Waals surface area contributed by atoms with Gasteiger partial charge in [-0.1, -0.05) is 13.8 Å². The number of phenolic OH excluding ortho intramolecular Hbond substituents is 1. The third-order valence-corrected chi connectivity index (χ3v) is 8.72. The highest BCUT2D eigenvalue weighted by Crippen LogP contribution is 2.52. The summed E-state index contributed by atoms with van der Waals surface area (Å²) in [5.74, 6) is -13.3. The summed E-state index contributed by atoms with van der Waals surface area (Å²) in [7, 11) is 2.85. The Morgan fingerprint density at radius 3 is 2.23 bits per heavy atom. The number of ketones is 4. The molecule has 0 bridgehead atoms. The van der Waals surface area contributed by atoms with Crippen molar-refractivity contribution in [2.24, 2.45) is 29.4 Å². The molecule has 0 spiro atoms. The van der Waals surface area contributed by atoms with E-state index in [-0.39, 0.29) is 18.5 Å². The third-order valence-electron chi connectivity index (χ3n) is 8.72. The molecule has 6 atom stereocenters.